The summed E-state index contributed by atoms with van der Waals surface area (Å²) in [6, 6.07) is 12.1. The zero-order valence-electron chi connectivity index (χ0n) is 16.1. The first-order valence-corrected chi connectivity index (χ1v) is 12.9. The van der Waals surface area contributed by atoms with E-state index in [0.29, 0.717) is 17.8 Å². The van der Waals surface area contributed by atoms with Crippen LogP contribution in [0.15, 0.2) is 57.2 Å². The quantitative estimate of drug-likeness (QED) is 0.619. The number of carbonyl (C=O) groups excluding carboxylic acids is 2. The molecule has 2 amide bonds. The Kier molecular flexibility index (Phi) is 6.92. The van der Waals surface area contributed by atoms with E-state index < -0.39 is 9.84 Å². The van der Waals surface area contributed by atoms with Crippen molar-refractivity contribution in [3.05, 3.63) is 42.5 Å². The molecule has 0 spiro atoms. The zero-order valence-corrected chi connectivity index (χ0v) is 18.5. The van der Waals surface area contributed by atoms with Gasteiger partial charge in [0.25, 0.3) is 0 Å². The zero-order chi connectivity index (χ0) is 21.0. The molecule has 1 aliphatic heterocycles. The Hall–Kier alpha value is -1.97. The average Bonchev–Trinajstić information content (AvgIpc) is 2.71. The van der Waals surface area contributed by atoms with Gasteiger partial charge in [-0.25, -0.2) is 8.42 Å². The number of hydrogen-bond acceptors (Lipinski definition) is 6. The number of fused-ring (bicyclic) bond motifs is 1. The van der Waals surface area contributed by atoms with E-state index in [9.17, 15) is 18.0 Å². The summed E-state index contributed by atoms with van der Waals surface area (Å²) in [5.41, 5.74) is 1.14. The SMILES string of the molecule is CCC1Sc2ccc(S(=O)(=O)CCC(=O)Nc3cccc(SC)c3)cc2NC1=O. The number of amides is 2. The van der Waals surface area contributed by atoms with Crippen molar-refractivity contribution >= 4 is 56.6 Å². The highest BCUT2D eigenvalue weighted by molar-refractivity contribution is 8.01. The number of benzene rings is 2. The van der Waals surface area contributed by atoms with Crippen molar-refractivity contribution in [1.82, 2.24) is 0 Å². The van der Waals surface area contributed by atoms with E-state index in [0.717, 1.165) is 9.79 Å². The predicted molar refractivity (Wildman–Crippen MR) is 119 cm³/mol. The van der Waals surface area contributed by atoms with Gasteiger partial charge >= 0.3 is 0 Å². The molecule has 2 N–H and O–H groups in total. The first-order valence-electron chi connectivity index (χ1n) is 9.10. The van der Waals surface area contributed by atoms with E-state index in [1.807, 2.05) is 31.4 Å². The molecule has 1 atom stereocenters. The average molecular weight is 451 g/mol. The van der Waals surface area contributed by atoms with Gasteiger partial charge in [-0.3, -0.25) is 9.59 Å². The van der Waals surface area contributed by atoms with Crippen molar-refractivity contribution in [1.29, 1.82) is 0 Å². The molecule has 1 heterocycles. The summed E-state index contributed by atoms with van der Waals surface area (Å²) in [5.74, 6) is -0.788. The smallest absolute Gasteiger partial charge is 0.237 e. The van der Waals surface area contributed by atoms with Crippen molar-refractivity contribution in [3.63, 3.8) is 0 Å². The van der Waals surface area contributed by atoms with Crippen LogP contribution in [0, 0.1) is 0 Å². The third kappa shape index (κ3) is 5.34. The fourth-order valence-electron chi connectivity index (χ4n) is 2.86. The molecule has 2 aromatic carbocycles. The topological polar surface area (TPSA) is 92.3 Å². The van der Waals surface area contributed by atoms with Gasteiger partial charge in [0.1, 0.15) is 0 Å². The Morgan fingerprint density at radius 2 is 2.03 bits per heavy atom. The Morgan fingerprint density at radius 3 is 2.76 bits per heavy atom. The minimum Gasteiger partial charge on any atom is -0.326 e. The van der Waals surface area contributed by atoms with Crippen molar-refractivity contribution in [3.8, 4) is 0 Å². The highest BCUT2D eigenvalue weighted by atomic mass is 32.2. The van der Waals surface area contributed by atoms with Crippen LogP contribution < -0.4 is 10.6 Å². The van der Waals surface area contributed by atoms with Crippen molar-refractivity contribution in [2.24, 2.45) is 0 Å². The Labute approximate surface area is 179 Å². The molecule has 0 saturated heterocycles. The van der Waals surface area contributed by atoms with Crippen LogP contribution in [-0.2, 0) is 19.4 Å². The molecule has 2 aromatic rings. The van der Waals surface area contributed by atoms with Crippen LogP contribution in [0.25, 0.3) is 0 Å². The minimum absolute atomic E-state index is 0.101. The van der Waals surface area contributed by atoms with Crippen molar-refractivity contribution < 1.29 is 18.0 Å². The molecule has 1 aliphatic rings. The highest BCUT2D eigenvalue weighted by Crippen LogP contribution is 2.38. The summed E-state index contributed by atoms with van der Waals surface area (Å²) < 4.78 is 25.3. The normalized spacial score (nSPS) is 16.1. The van der Waals surface area contributed by atoms with Crippen LogP contribution in [0.3, 0.4) is 0 Å². The fraction of sp³-hybridized carbons (Fsp3) is 0.300. The standard InChI is InChI=1S/C20H22N2O4S3/c1-3-17-20(24)22-16-12-15(7-8-18(16)28-17)29(25,26)10-9-19(23)21-13-5-4-6-14(11-13)27-2/h4-8,11-12,17H,3,9-10H2,1-2H3,(H,21,23)(H,22,24). The second kappa shape index (κ2) is 9.23. The first kappa shape index (κ1) is 21.7. The summed E-state index contributed by atoms with van der Waals surface area (Å²) >= 11 is 2.99. The largest absolute Gasteiger partial charge is 0.326 e. The fourth-order valence-corrected chi connectivity index (χ4v) is 5.61. The Bertz CT molecular complexity index is 1040. The lowest BCUT2D eigenvalue weighted by Crippen LogP contribution is -2.28. The van der Waals surface area contributed by atoms with Crippen LogP contribution in [0.5, 0.6) is 0 Å². The van der Waals surface area contributed by atoms with Gasteiger partial charge in [-0.05, 0) is 49.1 Å². The lowest BCUT2D eigenvalue weighted by molar-refractivity contribution is -0.116. The van der Waals surface area contributed by atoms with E-state index in [-0.39, 0.29) is 34.1 Å². The van der Waals surface area contributed by atoms with Gasteiger partial charge in [0.2, 0.25) is 11.8 Å². The number of carbonyl (C=O) groups is 2. The summed E-state index contributed by atoms with van der Waals surface area (Å²) in [7, 11) is -3.66. The molecule has 0 aliphatic carbocycles. The number of hydrogen-bond donors (Lipinski definition) is 2. The van der Waals surface area contributed by atoms with Crippen LogP contribution in [0.4, 0.5) is 11.4 Å². The van der Waals surface area contributed by atoms with Gasteiger partial charge in [-0.15, -0.1) is 23.5 Å². The van der Waals surface area contributed by atoms with E-state index in [1.54, 1.807) is 23.9 Å². The molecule has 0 saturated carbocycles. The summed E-state index contributed by atoms with van der Waals surface area (Å²) in [6.45, 7) is 1.93. The number of thioether (sulfide) groups is 2. The molecule has 1 unspecified atom stereocenters. The lowest BCUT2D eigenvalue weighted by Gasteiger charge is -2.23. The van der Waals surface area contributed by atoms with Crippen molar-refractivity contribution in [2.75, 3.05) is 22.6 Å². The van der Waals surface area contributed by atoms with E-state index in [1.165, 1.54) is 23.9 Å². The van der Waals surface area contributed by atoms with Crippen LogP contribution in [0.1, 0.15) is 19.8 Å². The van der Waals surface area contributed by atoms with Gasteiger partial charge < -0.3 is 10.6 Å². The number of anilines is 2. The van der Waals surface area contributed by atoms with Gasteiger partial charge in [0.15, 0.2) is 9.84 Å². The number of sulfone groups is 1. The van der Waals surface area contributed by atoms with Crippen molar-refractivity contribution in [2.45, 2.75) is 39.7 Å². The predicted octanol–water partition coefficient (Wildman–Crippen LogP) is 4.03. The van der Waals surface area contributed by atoms with Crippen LogP contribution in [-0.4, -0.2) is 37.5 Å². The number of rotatable bonds is 7. The Balaban J connectivity index is 1.66. The molecule has 154 valence electrons. The maximum absolute atomic E-state index is 12.7. The van der Waals surface area contributed by atoms with Gasteiger partial charge in [0.05, 0.1) is 21.6 Å². The Morgan fingerprint density at radius 1 is 1.24 bits per heavy atom. The third-order valence-corrected chi connectivity index (χ3v) is 8.33. The highest BCUT2D eigenvalue weighted by Gasteiger charge is 2.27. The minimum atomic E-state index is -3.66. The molecule has 0 bridgehead atoms. The molecular formula is C20H22N2O4S3. The summed E-state index contributed by atoms with van der Waals surface area (Å²) in [4.78, 5) is 26.2. The molecule has 9 heteroatoms. The van der Waals surface area contributed by atoms with E-state index in [2.05, 4.69) is 10.6 Å². The van der Waals surface area contributed by atoms with Crippen LogP contribution >= 0.6 is 23.5 Å². The summed E-state index contributed by atoms with van der Waals surface area (Å²) in [5, 5.41) is 5.34. The van der Waals surface area contributed by atoms with Gasteiger partial charge in [0, 0.05) is 21.9 Å². The molecule has 29 heavy (non-hydrogen) atoms. The van der Waals surface area contributed by atoms with Gasteiger partial charge in [-0.1, -0.05) is 13.0 Å². The molecule has 3 rings (SSSR count). The van der Waals surface area contributed by atoms with E-state index in [4.69, 9.17) is 0 Å². The van der Waals surface area contributed by atoms with E-state index >= 15 is 0 Å². The molecule has 0 aromatic heterocycles. The summed E-state index contributed by atoms with van der Waals surface area (Å²) in [6.07, 6.45) is 2.49. The molecule has 0 radical (unpaired) electrons. The molecular weight excluding hydrogens is 428 g/mol. The monoisotopic (exact) mass is 450 g/mol. The van der Waals surface area contributed by atoms with Gasteiger partial charge in [-0.2, -0.15) is 0 Å². The second-order valence-corrected chi connectivity index (χ2v) is 10.7. The third-order valence-electron chi connectivity index (χ3n) is 4.45. The first-order chi connectivity index (χ1) is 13.8. The second-order valence-electron chi connectivity index (χ2n) is 6.51. The number of nitrogens with one attached hydrogen (secondary N) is 2. The lowest BCUT2D eigenvalue weighted by atomic mass is 10.2. The van der Waals surface area contributed by atoms with Crippen LogP contribution in [0.2, 0.25) is 0 Å². The molecule has 0 fully saturated rings. The maximum atomic E-state index is 12.7. The molecule has 6 nitrogen and oxygen atoms in total. The maximum Gasteiger partial charge on any atom is 0.237 e.